The molecule has 0 bridgehead atoms. The Morgan fingerprint density at radius 3 is 2.39 bits per heavy atom. The molecule has 0 saturated carbocycles. The van der Waals surface area contributed by atoms with E-state index in [2.05, 4.69) is 16.9 Å². The van der Waals surface area contributed by atoms with Crippen LogP contribution in [-0.4, -0.2) is 34.5 Å². The Hall–Kier alpha value is -4.35. The zero-order chi connectivity index (χ0) is 26.2. The van der Waals surface area contributed by atoms with E-state index in [9.17, 15) is 20.1 Å². The van der Waals surface area contributed by atoms with Crippen molar-refractivity contribution in [1.29, 1.82) is 5.26 Å². The van der Waals surface area contributed by atoms with Gasteiger partial charge in [0.15, 0.2) is 0 Å². The summed E-state index contributed by atoms with van der Waals surface area (Å²) in [5.74, 6) is -0.438. The maximum Gasteiger partial charge on any atom is 0.247 e. The Balaban J connectivity index is 1.89. The number of likely N-dealkylation sites (N-methyl/N-ethyl adjacent to an activating group) is 1. The van der Waals surface area contributed by atoms with Gasteiger partial charge >= 0.3 is 0 Å². The fourth-order valence-electron chi connectivity index (χ4n) is 4.21. The quantitative estimate of drug-likeness (QED) is 0.256. The first-order valence-corrected chi connectivity index (χ1v) is 11.8. The van der Waals surface area contributed by atoms with Gasteiger partial charge in [-0.15, -0.1) is 0 Å². The van der Waals surface area contributed by atoms with Crippen molar-refractivity contribution in [2.24, 2.45) is 0 Å². The second kappa shape index (κ2) is 11.9. The third kappa shape index (κ3) is 5.65. The number of hydrogen-bond acceptors (Lipinski definition) is 6. The Morgan fingerprint density at radius 1 is 1.08 bits per heavy atom. The number of carbonyl (C=O) groups is 2. The summed E-state index contributed by atoms with van der Waals surface area (Å²) in [7, 11) is 0. The molecule has 0 aliphatic rings. The fourth-order valence-corrected chi connectivity index (χ4v) is 4.21. The monoisotopic (exact) mass is 485 g/mol. The smallest absolute Gasteiger partial charge is 0.247 e. The van der Waals surface area contributed by atoms with Crippen molar-refractivity contribution in [3.05, 3.63) is 77.4 Å². The minimum Gasteiger partial charge on any atom is -0.397 e. The van der Waals surface area contributed by atoms with Crippen LogP contribution in [0.25, 0.3) is 11.1 Å². The van der Waals surface area contributed by atoms with Gasteiger partial charge in [-0.25, -0.2) is 0 Å². The van der Waals surface area contributed by atoms with Crippen LogP contribution < -0.4 is 16.5 Å². The molecule has 3 rings (SSSR count). The maximum absolute atomic E-state index is 13.5. The molecule has 0 spiro atoms. The molecule has 2 amide bonds. The fraction of sp³-hybridized carbons (Fsp3) is 0.250. The van der Waals surface area contributed by atoms with Gasteiger partial charge in [-0.1, -0.05) is 43.3 Å². The number of nitrogens with one attached hydrogen (secondary N) is 2. The molecule has 0 saturated heterocycles. The van der Waals surface area contributed by atoms with Crippen LogP contribution in [0.3, 0.4) is 0 Å². The highest BCUT2D eigenvalue weighted by Crippen LogP contribution is 2.28. The first-order valence-electron chi connectivity index (χ1n) is 11.8. The molecule has 5 N–H and O–H groups in total. The van der Waals surface area contributed by atoms with Gasteiger partial charge in [0.05, 0.1) is 23.0 Å². The lowest BCUT2D eigenvalue weighted by Crippen LogP contribution is -2.48. The van der Waals surface area contributed by atoms with Crippen LogP contribution in [0.5, 0.6) is 0 Å². The Bertz CT molecular complexity index is 1280. The second-order valence-corrected chi connectivity index (χ2v) is 8.40. The molecule has 0 aliphatic carbocycles. The lowest BCUT2D eigenvalue weighted by molar-refractivity contribution is -0.138. The lowest BCUT2D eigenvalue weighted by Gasteiger charge is -2.30. The lowest BCUT2D eigenvalue weighted by atomic mass is 9.97. The van der Waals surface area contributed by atoms with E-state index < -0.39 is 6.04 Å². The van der Waals surface area contributed by atoms with Crippen molar-refractivity contribution in [1.82, 2.24) is 4.90 Å². The molecule has 186 valence electrons. The van der Waals surface area contributed by atoms with E-state index in [1.807, 2.05) is 44.2 Å². The molecular weight excluding hydrogens is 454 g/mol. The summed E-state index contributed by atoms with van der Waals surface area (Å²) in [6.45, 7) is 5.80. The van der Waals surface area contributed by atoms with Crippen molar-refractivity contribution >= 4 is 28.9 Å². The number of nitrogens with two attached hydrogens (primary N) is 1. The number of hydrogen-bond donors (Lipinski definition) is 4. The molecule has 3 aromatic carbocycles. The zero-order valence-corrected chi connectivity index (χ0v) is 20.7. The Labute approximate surface area is 211 Å². The summed E-state index contributed by atoms with van der Waals surface area (Å²) in [6, 6.07) is 19.5. The number of carbonyl (C=O) groups excluding carboxylic acids is 2. The molecule has 0 fully saturated rings. The molecule has 0 aliphatic heterocycles. The predicted molar refractivity (Wildman–Crippen MR) is 141 cm³/mol. The van der Waals surface area contributed by atoms with Crippen molar-refractivity contribution in [2.45, 2.75) is 39.7 Å². The number of rotatable bonds is 9. The molecule has 0 heterocycles. The van der Waals surface area contributed by atoms with Crippen LogP contribution in [0, 0.1) is 18.3 Å². The van der Waals surface area contributed by atoms with Crippen LogP contribution in [0.15, 0.2) is 60.7 Å². The number of nitrogen functional groups attached to an aromatic ring is 1. The highest BCUT2D eigenvalue weighted by Gasteiger charge is 2.29. The van der Waals surface area contributed by atoms with Crippen molar-refractivity contribution in [2.75, 3.05) is 23.1 Å². The van der Waals surface area contributed by atoms with E-state index >= 15 is 0 Å². The largest absolute Gasteiger partial charge is 0.397 e. The molecule has 0 unspecified atom stereocenters. The maximum atomic E-state index is 13.5. The molecule has 0 aromatic heterocycles. The number of anilines is 3. The SMILES string of the molecule is CCC(=O)N(CC)[C@@H](Cc1ccc(NO)c(N)c1C)C(=O)Nc1ccc(-c2ccccc2C#N)cc1. The highest BCUT2D eigenvalue weighted by atomic mass is 16.5. The molecular formula is C28H31N5O3. The van der Waals surface area contributed by atoms with E-state index in [1.165, 1.54) is 0 Å². The first kappa shape index (κ1) is 26.3. The molecule has 3 aromatic rings. The van der Waals surface area contributed by atoms with Gasteiger partial charge in [0.25, 0.3) is 0 Å². The number of nitriles is 1. The van der Waals surface area contributed by atoms with Crippen LogP contribution in [0.2, 0.25) is 0 Å². The summed E-state index contributed by atoms with van der Waals surface area (Å²) >= 11 is 0. The minimum atomic E-state index is -0.757. The van der Waals surface area contributed by atoms with Gasteiger partial charge in [0.2, 0.25) is 11.8 Å². The standard InChI is InChI=1S/C28H31N5O3/c1-4-26(34)33(5-2)25(16-20-12-15-24(32-36)27(30)18(20)3)28(35)31-22-13-10-19(11-14-22)23-9-7-6-8-21(23)17-29/h6-15,25,32,36H,4-5,16,30H2,1-3H3,(H,31,35)/t25-/m0/s1. The predicted octanol–water partition coefficient (Wildman–Crippen LogP) is 4.73. The molecule has 8 nitrogen and oxygen atoms in total. The van der Waals surface area contributed by atoms with Crippen LogP contribution in [0.4, 0.5) is 17.1 Å². The number of nitrogens with zero attached hydrogens (tertiary/aromatic N) is 2. The second-order valence-electron chi connectivity index (χ2n) is 8.40. The summed E-state index contributed by atoms with van der Waals surface area (Å²) < 4.78 is 0. The van der Waals surface area contributed by atoms with E-state index in [0.29, 0.717) is 29.2 Å². The third-order valence-corrected chi connectivity index (χ3v) is 6.31. The molecule has 1 atom stereocenters. The average Bonchev–Trinajstić information content (AvgIpc) is 2.91. The van der Waals surface area contributed by atoms with Crippen LogP contribution in [0.1, 0.15) is 37.0 Å². The molecule has 36 heavy (non-hydrogen) atoms. The van der Waals surface area contributed by atoms with Crippen molar-refractivity contribution in [3.63, 3.8) is 0 Å². The average molecular weight is 486 g/mol. The highest BCUT2D eigenvalue weighted by molar-refractivity contribution is 5.97. The molecule has 0 radical (unpaired) electrons. The zero-order valence-electron chi connectivity index (χ0n) is 20.7. The normalized spacial score (nSPS) is 11.3. The van der Waals surface area contributed by atoms with E-state index in [-0.39, 0.29) is 24.7 Å². The van der Waals surface area contributed by atoms with Gasteiger partial charge in [0.1, 0.15) is 6.04 Å². The van der Waals surface area contributed by atoms with Crippen molar-refractivity contribution < 1.29 is 14.8 Å². The van der Waals surface area contributed by atoms with E-state index in [0.717, 1.165) is 22.3 Å². The van der Waals surface area contributed by atoms with E-state index in [1.54, 1.807) is 42.2 Å². The number of benzene rings is 3. The number of amides is 2. The summed E-state index contributed by atoms with van der Waals surface area (Å²) in [5.41, 5.74) is 13.3. The van der Waals surface area contributed by atoms with E-state index in [4.69, 9.17) is 5.73 Å². The minimum absolute atomic E-state index is 0.125. The van der Waals surface area contributed by atoms with Crippen LogP contribution >= 0.6 is 0 Å². The first-order chi connectivity index (χ1) is 17.3. The third-order valence-electron chi connectivity index (χ3n) is 6.31. The van der Waals surface area contributed by atoms with Gasteiger partial charge < -0.3 is 16.0 Å². The summed E-state index contributed by atoms with van der Waals surface area (Å²) in [4.78, 5) is 27.7. The topological polar surface area (TPSA) is 131 Å². The van der Waals surface area contributed by atoms with Gasteiger partial charge in [-0.3, -0.25) is 20.3 Å². The Morgan fingerprint density at radius 2 is 1.78 bits per heavy atom. The van der Waals surface area contributed by atoms with Crippen LogP contribution in [-0.2, 0) is 16.0 Å². The van der Waals surface area contributed by atoms with Gasteiger partial charge in [-0.05, 0) is 60.4 Å². The molecule has 8 heteroatoms. The van der Waals surface area contributed by atoms with Gasteiger partial charge in [0, 0.05) is 25.1 Å². The summed E-state index contributed by atoms with van der Waals surface area (Å²) in [6.07, 6.45) is 0.542. The van der Waals surface area contributed by atoms with Crippen molar-refractivity contribution in [3.8, 4) is 17.2 Å². The summed E-state index contributed by atoms with van der Waals surface area (Å²) in [5, 5.41) is 21.6. The Kier molecular flexibility index (Phi) is 8.66. The van der Waals surface area contributed by atoms with Gasteiger partial charge in [-0.2, -0.15) is 5.26 Å².